The van der Waals surface area contributed by atoms with E-state index in [1.165, 1.54) is 11.8 Å². The van der Waals surface area contributed by atoms with E-state index in [4.69, 9.17) is 4.74 Å². The van der Waals surface area contributed by atoms with Gasteiger partial charge < -0.3 is 19.8 Å². The third kappa shape index (κ3) is 4.66. The lowest BCUT2D eigenvalue weighted by Crippen LogP contribution is -2.31. The molecular weight excluding hydrogens is 359 g/mol. The molecule has 2 aliphatic carbocycles. The minimum Gasteiger partial charge on any atom is -0.512 e. The van der Waals surface area contributed by atoms with Gasteiger partial charge in [-0.05, 0) is 55.6 Å². The highest BCUT2D eigenvalue weighted by Crippen LogP contribution is 2.41. The fourth-order valence-electron chi connectivity index (χ4n) is 5.18. The molecule has 0 amide bonds. The molecule has 2 aliphatic heterocycles. The number of aliphatic hydroxyl groups excluding tert-OH is 2. The fraction of sp³-hybridized carbons (Fsp3) is 0.682. The monoisotopic (exact) mass is 390 g/mol. The highest BCUT2D eigenvalue weighted by Gasteiger charge is 2.42. The average Bonchev–Trinajstić information content (AvgIpc) is 3.22. The summed E-state index contributed by atoms with van der Waals surface area (Å²) < 4.78 is 19.1. The van der Waals surface area contributed by atoms with Crippen molar-refractivity contribution in [1.29, 1.82) is 0 Å². The highest BCUT2D eigenvalue weighted by atomic mass is 19.1. The first-order valence-electron chi connectivity index (χ1n) is 10.6. The summed E-state index contributed by atoms with van der Waals surface area (Å²) in [7, 11) is 0. The third-order valence-electron chi connectivity index (χ3n) is 6.60. The first-order chi connectivity index (χ1) is 13.6. The summed E-state index contributed by atoms with van der Waals surface area (Å²) in [6, 6.07) is 0. The Kier molecular flexibility index (Phi) is 6.16. The van der Waals surface area contributed by atoms with Gasteiger partial charge >= 0.3 is 0 Å². The normalized spacial score (nSPS) is 33.9. The van der Waals surface area contributed by atoms with E-state index >= 15 is 0 Å². The molecule has 0 aromatic rings. The van der Waals surface area contributed by atoms with Gasteiger partial charge in [0.25, 0.3) is 0 Å². The van der Waals surface area contributed by atoms with Gasteiger partial charge in [-0.25, -0.2) is 4.39 Å². The molecule has 2 N–H and O–H groups in total. The maximum absolute atomic E-state index is 13.1. The van der Waals surface area contributed by atoms with Gasteiger partial charge in [-0.15, -0.1) is 0 Å². The SMILES string of the molecule is OCCC(CN1C[C@H]2CC(OC3=CCC(F)N=C3)C[C@H]2C1)C1=CC=C(O)CC1. The molecule has 154 valence electrons. The van der Waals surface area contributed by atoms with Crippen LogP contribution in [0.1, 0.15) is 38.5 Å². The third-order valence-corrected chi connectivity index (χ3v) is 6.60. The Bertz CT molecular complexity index is 673. The first kappa shape index (κ1) is 19.6. The molecule has 4 aliphatic rings. The van der Waals surface area contributed by atoms with Crippen LogP contribution in [0, 0.1) is 17.8 Å². The number of nitrogens with zero attached hydrogens (tertiary/aromatic N) is 2. The van der Waals surface area contributed by atoms with Gasteiger partial charge in [0, 0.05) is 39.1 Å². The van der Waals surface area contributed by atoms with Crippen molar-refractivity contribution in [3.63, 3.8) is 0 Å². The molecule has 6 heteroatoms. The number of ether oxygens (including phenoxy) is 1. The summed E-state index contributed by atoms with van der Waals surface area (Å²) in [6.45, 7) is 3.35. The van der Waals surface area contributed by atoms with Crippen LogP contribution >= 0.6 is 0 Å². The zero-order valence-electron chi connectivity index (χ0n) is 16.3. The van der Waals surface area contributed by atoms with Gasteiger partial charge in [0.1, 0.15) is 5.76 Å². The van der Waals surface area contributed by atoms with Gasteiger partial charge in [-0.2, -0.15) is 0 Å². The van der Waals surface area contributed by atoms with Crippen LogP contribution in [0.5, 0.6) is 0 Å². The van der Waals surface area contributed by atoms with Gasteiger partial charge in [-0.1, -0.05) is 11.6 Å². The Morgan fingerprint density at radius 3 is 2.61 bits per heavy atom. The van der Waals surface area contributed by atoms with Crippen molar-refractivity contribution in [3.05, 3.63) is 35.3 Å². The van der Waals surface area contributed by atoms with Crippen molar-refractivity contribution in [1.82, 2.24) is 4.90 Å². The number of rotatable bonds is 7. The lowest BCUT2D eigenvalue weighted by atomic mass is 9.88. The molecule has 4 rings (SSSR count). The van der Waals surface area contributed by atoms with Crippen molar-refractivity contribution < 1.29 is 19.3 Å². The number of hydrogen-bond donors (Lipinski definition) is 2. The number of likely N-dealkylation sites (tertiary alicyclic amines) is 1. The van der Waals surface area contributed by atoms with E-state index in [9.17, 15) is 14.6 Å². The van der Waals surface area contributed by atoms with Crippen LogP contribution in [0.15, 0.2) is 40.3 Å². The lowest BCUT2D eigenvalue weighted by Gasteiger charge is -2.28. The van der Waals surface area contributed by atoms with Crippen LogP contribution in [0.3, 0.4) is 0 Å². The molecule has 2 fully saturated rings. The van der Waals surface area contributed by atoms with Crippen LogP contribution in [0.2, 0.25) is 0 Å². The number of aliphatic hydroxyl groups is 2. The summed E-state index contributed by atoms with van der Waals surface area (Å²) in [5, 5.41) is 19.1. The Morgan fingerprint density at radius 2 is 2.00 bits per heavy atom. The summed E-state index contributed by atoms with van der Waals surface area (Å²) in [4.78, 5) is 6.34. The van der Waals surface area contributed by atoms with Crippen molar-refractivity contribution in [2.75, 3.05) is 26.2 Å². The zero-order chi connectivity index (χ0) is 19.5. The molecular formula is C22H31FN2O3. The quantitative estimate of drug-likeness (QED) is 0.653. The van der Waals surface area contributed by atoms with Crippen molar-refractivity contribution in [2.45, 2.75) is 50.9 Å². The summed E-state index contributed by atoms with van der Waals surface area (Å²) in [5.74, 6) is 2.84. The number of hydrogen-bond acceptors (Lipinski definition) is 5. The van der Waals surface area contributed by atoms with Gasteiger partial charge in [0.2, 0.25) is 0 Å². The topological polar surface area (TPSA) is 65.3 Å². The standard InChI is InChI=1S/C22H31FN2O3/c23-22-6-5-20(11-24-22)28-21-9-17-13-25(14-18(17)10-21)12-16(7-8-26)15-1-3-19(27)4-2-15/h1,3,5,11,16-18,21-22,26-27H,2,4,6-10,12-14H2/t16?,17-,18+,21?,22?. The van der Waals surface area contributed by atoms with Crippen LogP contribution in [-0.2, 0) is 4.74 Å². The molecule has 28 heavy (non-hydrogen) atoms. The maximum Gasteiger partial charge on any atom is 0.193 e. The minimum atomic E-state index is -1.12. The number of aliphatic imine (C=N–C) groups is 1. The van der Waals surface area contributed by atoms with Crippen LogP contribution in [0.4, 0.5) is 4.39 Å². The largest absolute Gasteiger partial charge is 0.512 e. The molecule has 1 saturated heterocycles. The van der Waals surface area contributed by atoms with Gasteiger partial charge in [0.05, 0.1) is 18.1 Å². The number of dihydropyridines is 1. The van der Waals surface area contributed by atoms with E-state index in [1.54, 1.807) is 6.08 Å². The average molecular weight is 390 g/mol. The second-order valence-corrected chi connectivity index (χ2v) is 8.61. The van der Waals surface area contributed by atoms with Crippen molar-refractivity contribution in [2.24, 2.45) is 22.7 Å². The maximum atomic E-state index is 13.1. The van der Waals surface area contributed by atoms with E-state index in [0.29, 0.717) is 36.4 Å². The van der Waals surface area contributed by atoms with E-state index in [2.05, 4.69) is 9.89 Å². The van der Waals surface area contributed by atoms with E-state index in [1.807, 2.05) is 12.2 Å². The molecule has 0 spiro atoms. The lowest BCUT2D eigenvalue weighted by molar-refractivity contribution is 0.118. The number of allylic oxidation sites excluding steroid dienone is 4. The molecule has 1 saturated carbocycles. The molecule has 0 bridgehead atoms. The van der Waals surface area contributed by atoms with Crippen LogP contribution in [0.25, 0.3) is 0 Å². The predicted octanol–water partition coefficient (Wildman–Crippen LogP) is 3.53. The molecule has 0 aromatic heterocycles. The van der Waals surface area contributed by atoms with Gasteiger partial charge in [-0.3, -0.25) is 4.99 Å². The first-order valence-corrected chi connectivity index (χ1v) is 10.6. The summed E-state index contributed by atoms with van der Waals surface area (Å²) in [5.41, 5.74) is 1.35. The number of halogens is 1. The number of alkyl halides is 1. The Balaban J connectivity index is 1.28. The Morgan fingerprint density at radius 1 is 1.21 bits per heavy atom. The smallest absolute Gasteiger partial charge is 0.193 e. The second-order valence-electron chi connectivity index (χ2n) is 8.61. The molecule has 0 radical (unpaired) electrons. The predicted molar refractivity (Wildman–Crippen MR) is 107 cm³/mol. The van der Waals surface area contributed by atoms with Crippen LogP contribution in [-0.4, -0.2) is 60.0 Å². The Labute approximate surface area is 166 Å². The minimum absolute atomic E-state index is 0.199. The summed E-state index contributed by atoms with van der Waals surface area (Å²) >= 11 is 0. The van der Waals surface area contributed by atoms with Crippen LogP contribution < -0.4 is 0 Å². The van der Waals surface area contributed by atoms with Crippen molar-refractivity contribution >= 4 is 6.21 Å². The zero-order valence-corrected chi connectivity index (χ0v) is 16.3. The molecule has 5 atom stereocenters. The molecule has 0 aromatic carbocycles. The number of fused-ring (bicyclic) bond motifs is 1. The van der Waals surface area contributed by atoms with Gasteiger partial charge in [0.15, 0.2) is 6.30 Å². The molecule has 2 heterocycles. The molecule has 3 unspecified atom stereocenters. The highest BCUT2D eigenvalue weighted by molar-refractivity contribution is 5.76. The van der Waals surface area contributed by atoms with E-state index < -0.39 is 6.30 Å². The van der Waals surface area contributed by atoms with E-state index in [0.717, 1.165) is 51.1 Å². The Hall–Kier alpha value is -1.66. The molecule has 5 nitrogen and oxygen atoms in total. The van der Waals surface area contributed by atoms with E-state index in [-0.39, 0.29) is 12.7 Å². The van der Waals surface area contributed by atoms with Crippen molar-refractivity contribution in [3.8, 4) is 0 Å². The summed E-state index contributed by atoms with van der Waals surface area (Å²) in [6.07, 6.45) is 11.1. The fourth-order valence-corrected chi connectivity index (χ4v) is 5.18. The second kappa shape index (κ2) is 8.78.